The average molecular weight is 452 g/mol. The van der Waals surface area contributed by atoms with E-state index in [1.807, 2.05) is 23.1 Å². The number of Topliss-reactive ketones (excluding diaryl/α,β-unsaturated/α-hetero) is 1. The van der Waals surface area contributed by atoms with Gasteiger partial charge in [0.2, 0.25) is 0 Å². The van der Waals surface area contributed by atoms with Crippen molar-refractivity contribution in [1.82, 2.24) is 4.90 Å². The highest BCUT2D eigenvalue weighted by Gasteiger charge is 2.29. The Kier molecular flexibility index (Phi) is 5.46. The molecule has 0 fully saturated rings. The minimum atomic E-state index is -3.87. The standard InChI is InChI=1S/C21H19Cl2NO4S/c22-15-2-1-13-5-14-10-24(4-3-20(14)21(13)8-15)11-18(26)12-29(27,28)19-7-16(23)6-17(25)9-19/h1-2,6-9,25H,3-5,10-12H2. The van der Waals surface area contributed by atoms with Crippen LogP contribution in [0.4, 0.5) is 0 Å². The number of phenols is 1. The second kappa shape index (κ2) is 7.76. The predicted molar refractivity (Wildman–Crippen MR) is 113 cm³/mol. The molecule has 8 heteroatoms. The number of sulfone groups is 1. The number of aromatic hydroxyl groups is 1. The van der Waals surface area contributed by atoms with Gasteiger partial charge in [-0.3, -0.25) is 9.69 Å². The van der Waals surface area contributed by atoms with Crippen molar-refractivity contribution in [2.75, 3.05) is 25.4 Å². The van der Waals surface area contributed by atoms with Crippen molar-refractivity contribution in [2.24, 2.45) is 0 Å². The molecule has 0 aromatic heterocycles. The number of halogens is 2. The van der Waals surface area contributed by atoms with Gasteiger partial charge in [-0.2, -0.15) is 0 Å². The van der Waals surface area contributed by atoms with Gasteiger partial charge in [0, 0.05) is 23.1 Å². The van der Waals surface area contributed by atoms with E-state index in [0.717, 1.165) is 18.9 Å². The fourth-order valence-electron chi connectivity index (χ4n) is 4.05. The Labute approximate surface area is 179 Å². The molecule has 1 N–H and O–H groups in total. The molecule has 2 aliphatic rings. The van der Waals surface area contributed by atoms with Crippen molar-refractivity contribution in [2.45, 2.75) is 17.7 Å². The first-order valence-corrected chi connectivity index (χ1v) is 11.6. The van der Waals surface area contributed by atoms with Crippen molar-refractivity contribution < 1.29 is 18.3 Å². The summed E-state index contributed by atoms with van der Waals surface area (Å²) in [5.74, 6) is -1.25. The molecule has 0 saturated heterocycles. The number of carbonyl (C=O) groups excluding carboxylic acids is 1. The Morgan fingerprint density at radius 2 is 1.90 bits per heavy atom. The van der Waals surface area contributed by atoms with Crippen molar-refractivity contribution in [3.63, 3.8) is 0 Å². The van der Waals surface area contributed by atoms with Crippen LogP contribution in [-0.2, 0) is 21.1 Å². The van der Waals surface area contributed by atoms with Crippen LogP contribution >= 0.6 is 23.2 Å². The molecule has 2 aromatic rings. The molecular weight excluding hydrogens is 433 g/mol. The fourth-order valence-corrected chi connectivity index (χ4v) is 5.80. The van der Waals surface area contributed by atoms with E-state index >= 15 is 0 Å². The summed E-state index contributed by atoms with van der Waals surface area (Å²) in [6, 6.07) is 9.51. The molecule has 0 spiro atoms. The third kappa shape index (κ3) is 4.36. The number of fused-ring (bicyclic) bond motifs is 2. The first-order chi connectivity index (χ1) is 13.7. The van der Waals surface area contributed by atoms with Crippen LogP contribution in [-0.4, -0.2) is 49.6 Å². The van der Waals surface area contributed by atoms with Gasteiger partial charge in [-0.1, -0.05) is 29.3 Å². The first-order valence-electron chi connectivity index (χ1n) is 9.17. The monoisotopic (exact) mass is 451 g/mol. The minimum absolute atomic E-state index is 0.0691. The van der Waals surface area contributed by atoms with Crippen molar-refractivity contribution in [3.8, 4) is 5.75 Å². The quantitative estimate of drug-likeness (QED) is 0.748. The van der Waals surface area contributed by atoms with Gasteiger partial charge in [0.1, 0.15) is 11.5 Å². The van der Waals surface area contributed by atoms with E-state index in [2.05, 4.69) is 0 Å². The predicted octanol–water partition coefficient (Wildman–Crippen LogP) is 3.76. The zero-order valence-corrected chi connectivity index (χ0v) is 17.8. The van der Waals surface area contributed by atoms with Crippen LogP contribution in [0.3, 0.4) is 0 Å². The van der Waals surface area contributed by atoms with E-state index < -0.39 is 15.6 Å². The lowest BCUT2D eigenvalue weighted by Crippen LogP contribution is -2.37. The maximum atomic E-state index is 12.5. The summed E-state index contributed by atoms with van der Waals surface area (Å²) >= 11 is 11.9. The lowest BCUT2D eigenvalue weighted by molar-refractivity contribution is -0.117. The normalized spacial score (nSPS) is 16.6. The first kappa shape index (κ1) is 20.4. The third-order valence-corrected chi connectivity index (χ3v) is 7.40. The van der Waals surface area contributed by atoms with Gasteiger partial charge in [0.25, 0.3) is 0 Å². The summed E-state index contributed by atoms with van der Waals surface area (Å²) in [4.78, 5) is 14.3. The fraction of sp³-hybridized carbons (Fsp3) is 0.286. The molecule has 29 heavy (non-hydrogen) atoms. The summed E-state index contributed by atoms with van der Waals surface area (Å²) in [6.07, 6.45) is 1.65. The number of carbonyl (C=O) groups is 1. The molecule has 1 heterocycles. The summed E-state index contributed by atoms with van der Waals surface area (Å²) in [7, 11) is -3.87. The number of hydrogen-bond acceptors (Lipinski definition) is 5. The van der Waals surface area contributed by atoms with Crippen molar-refractivity contribution >= 4 is 44.4 Å². The Hall–Kier alpha value is -1.86. The molecule has 0 unspecified atom stereocenters. The summed E-state index contributed by atoms with van der Waals surface area (Å²) in [5, 5.41) is 10.4. The zero-order valence-electron chi connectivity index (χ0n) is 15.5. The van der Waals surface area contributed by atoms with Gasteiger partial charge in [0.15, 0.2) is 15.6 Å². The van der Waals surface area contributed by atoms with Gasteiger partial charge < -0.3 is 5.11 Å². The molecule has 0 atom stereocenters. The van der Waals surface area contributed by atoms with Crippen LogP contribution in [0.15, 0.2) is 46.9 Å². The number of rotatable bonds is 5. The molecule has 0 saturated carbocycles. The zero-order chi connectivity index (χ0) is 20.8. The van der Waals surface area contributed by atoms with Crippen LogP contribution in [0.25, 0.3) is 5.57 Å². The summed E-state index contributed by atoms with van der Waals surface area (Å²) in [5.41, 5.74) is 5.01. The van der Waals surface area contributed by atoms with E-state index in [9.17, 15) is 18.3 Å². The largest absolute Gasteiger partial charge is 0.508 e. The molecule has 1 aliphatic carbocycles. The Balaban J connectivity index is 1.42. The summed E-state index contributed by atoms with van der Waals surface area (Å²) in [6.45, 7) is 1.40. The van der Waals surface area contributed by atoms with Gasteiger partial charge in [0.05, 0.1) is 11.4 Å². The van der Waals surface area contributed by atoms with Crippen LogP contribution < -0.4 is 0 Å². The maximum Gasteiger partial charge on any atom is 0.185 e. The number of benzene rings is 2. The van der Waals surface area contributed by atoms with E-state index in [-0.39, 0.29) is 28.0 Å². The number of phenolic OH excluding ortho intramolecular Hbond substituents is 1. The summed E-state index contributed by atoms with van der Waals surface area (Å²) < 4.78 is 25.0. The van der Waals surface area contributed by atoms with Crippen molar-refractivity contribution in [1.29, 1.82) is 0 Å². The molecule has 0 radical (unpaired) electrons. The molecular formula is C21H19Cl2NO4S. The van der Waals surface area contributed by atoms with Gasteiger partial charge in [-0.05, 0) is 65.4 Å². The lowest BCUT2D eigenvalue weighted by atomic mass is 9.99. The van der Waals surface area contributed by atoms with E-state index in [1.54, 1.807) is 0 Å². The Bertz CT molecular complexity index is 1120. The number of ketones is 1. The van der Waals surface area contributed by atoms with Gasteiger partial charge in [-0.25, -0.2) is 8.42 Å². The molecule has 0 amide bonds. The topological polar surface area (TPSA) is 74.7 Å². The van der Waals surface area contributed by atoms with E-state index in [4.69, 9.17) is 23.2 Å². The van der Waals surface area contributed by atoms with E-state index in [1.165, 1.54) is 34.4 Å². The highest BCUT2D eigenvalue weighted by Crippen LogP contribution is 2.39. The molecule has 0 bridgehead atoms. The van der Waals surface area contributed by atoms with Gasteiger partial charge in [-0.15, -0.1) is 0 Å². The van der Waals surface area contributed by atoms with Gasteiger partial charge >= 0.3 is 0 Å². The number of nitrogens with zero attached hydrogens (tertiary/aromatic N) is 1. The minimum Gasteiger partial charge on any atom is -0.508 e. The SMILES string of the molecule is O=C(CN1CCC2=C(Cc3ccc(Cl)cc32)C1)CS(=O)(=O)c1cc(O)cc(Cl)c1. The molecule has 152 valence electrons. The smallest absolute Gasteiger partial charge is 0.185 e. The second-order valence-electron chi connectivity index (χ2n) is 7.46. The highest BCUT2D eigenvalue weighted by atomic mass is 35.5. The Morgan fingerprint density at radius 1 is 1.10 bits per heavy atom. The maximum absolute atomic E-state index is 12.5. The lowest BCUT2D eigenvalue weighted by Gasteiger charge is -2.28. The van der Waals surface area contributed by atoms with Crippen LogP contribution in [0, 0.1) is 0 Å². The highest BCUT2D eigenvalue weighted by molar-refractivity contribution is 7.92. The second-order valence-corrected chi connectivity index (χ2v) is 10.3. The van der Waals surface area contributed by atoms with Crippen LogP contribution in [0.5, 0.6) is 5.75 Å². The Morgan fingerprint density at radius 3 is 2.66 bits per heavy atom. The average Bonchev–Trinajstić information content (AvgIpc) is 2.97. The van der Waals surface area contributed by atoms with E-state index in [0.29, 0.717) is 18.1 Å². The molecule has 1 aliphatic heterocycles. The molecule has 2 aromatic carbocycles. The molecule has 5 nitrogen and oxygen atoms in total. The molecule has 4 rings (SSSR count). The number of hydrogen-bond donors (Lipinski definition) is 1. The van der Waals surface area contributed by atoms with Crippen molar-refractivity contribution in [3.05, 3.63) is 63.1 Å². The van der Waals surface area contributed by atoms with Crippen LogP contribution in [0.2, 0.25) is 10.0 Å². The third-order valence-electron chi connectivity index (χ3n) is 5.29. The van der Waals surface area contributed by atoms with Crippen LogP contribution in [0.1, 0.15) is 17.5 Å².